The number of benzene rings is 4. The number of nitrogens with zero attached hydrogens (tertiary/aromatic N) is 1. The maximum absolute atomic E-state index is 6.10. The molecule has 1 heterocycles. The first-order chi connectivity index (χ1) is 16.2. The quantitative estimate of drug-likeness (QED) is 0.268. The number of nitrogens with one attached hydrogen (secondary N) is 1. The summed E-state index contributed by atoms with van der Waals surface area (Å²) >= 11 is 12.2. The minimum Gasteiger partial charge on any atom is -0.337 e. The third kappa shape index (κ3) is 4.86. The minimum absolute atomic E-state index is 0.690. The van der Waals surface area contributed by atoms with Gasteiger partial charge in [0.15, 0.2) is 0 Å². The second-order valence-electron chi connectivity index (χ2n) is 7.52. The van der Waals surface area contributed by atoms with E-state index in [9.17, 15) is 0 Å². The molecule has 5 aromatic rings. The molecule has 0 radical (unpaired) electrons. The molecule has 0 spiro atoms. The van der Waals surface area contributed by atoms with E-state index >= 15 is 0 Å². The van der Waals surface area contributed by atoms with Crippen LogP contribution >= 0.6 is 23.2 Å². The largest absolute Gasteiger partial charge is 0.337 e. The first-order valence-corrected chi connectivity index (χ1v) is 11.2. The average molecular weight is 465 g/mol. The van der Waals surface area contributed by atoms with E-state index in [0.717, 1.165) is 45.0 Å². The fourth-order valence-electron chi connectivity index (χ4n) is 3.53. The van der Waals surface area contributed by atoms with Gasteiger partial charge in [-0.15, -0.1) is 0 Å². The number of hydrogen-bond donors (Lipinski definition) is 1. The van der Waals surface area contributed by atoms with Gasteiger partial charge in [0.2, 0.25) is 0 Å². The Labute approximate surface area is 202 Å². The smallest absolute Gasteiger partial charge is 0.138 e. The Balaban J connectivity index is 1.52. The van der Waals surface area contributed by atoms with Crippen molar-refractivity contribution in [3.8, 4) is 45.7 Å². The van der Waals surface area contributed by atoms with E-state index < -0.39 is 0 Å². The summed E-state index contributed by atoms with van der Waals surface area (Å²) in [6.45, 7) is 0. The number of H-pyrrole nitrogens is 1. The highest BCUT2D eigenvalue weighted by Gasteiger charge is 2.15. The number of aromatic nitrogens is 2. The van der Waals surface area contributed by atoms with Crippen molar-refractivity contribution >= 4 is 23.2 Å². The molecule has 4 heteroatoms. The molecule has 0 bridgehead atoms. The predicted molar refractivity (Wildman–Crippen MR) is 137 cm³/mol. The predicted octanol–water partition coefficient (Wildman–Crippen LogP) is 8.12. The summed E-state index contributed by atoms with van der Waals surface area (Å²) in [7, 11) is 0. The Bertz CT molecular complexity index is 1380. The normalized spacial score (nSPS) is 10.5. The zero-order valence-corrected chi connectivity index (χ0v) is 19.0. The van der Waals surface area contributed by atoms with Gasteiger partial charge in [0.25, 0.3) is 0 Å². The Morgan fingerprint density at radius 3 is 1.67 bits per heavy atom. The van der Waals surface area contributed by atoms with Crippen LogP contribution in [-0.2, 0) is 0 Å². The van der Waals surface area contributed by atoms with Gasteiger partial charge in [-0.1, -0.05) is 89.6 Å². The highest BCUT2D eigenvalue weighted by molar-refractivity contribution is 6.31. The Morgan fingerprint density at radius 2 is 1.06 bits per heavy atom. The molecule has 1 N–H and O–H groups in total. The molecule has 0 saturated heterocycles. The zero-order chi connectivity index (χ0) is 22.6. The highest BCUT2D eigenvalue weighted by Crippen LogP contribution is 2.34. The van der Waals surface area contributed by atoms with Gasteiger partial charge in [-0.05, 0) is 48.5 Å². The monoisotopic (exact) mass is 464 g/mol. The van der Waals surface area contributed by atoms with Crippen molar-refractivity contribution in [1.29, 1.82) is 0 Å². The zero-order valence-electron chi connectivity index (χ0n) is 17.5. The van der Waals surface area contributed by atoms with Crippen LogP contribution in [0.3, 0.4) is 0 Å². The van der Waals surface area contributed by atoms with Crippen molar-refractivity contribution in [2.45, 2.75) is 0 Å². The standard InChI is InChI=1S/C29H18Cl2N2/c30-25-16-12-22(13-17-25)27-28(23-14-18-26(31)19-15-23)33-29(32-27)24-10-8-21(9-11-24)7-6-20-4-2-1-3-5-20/h1-5,8-19H,(H,32,33). The van der Waals surface area contributed by atoms with Crippen LogP contribution in [0.5, 0.6) is 0 Å². The topological polar surface area (TPSA) is 28.7 Å². The molecule has 2 nitrogen and oxygen atoms in total. The summed E-state index contributed by atoms with van der Waals surface area (Å²) in [5.41, 5.74) is 6.70. The van der Waals surface area contributed by atoms with Crippen LogP contribution in [0.15, 0.2) is 103 Å². The Morgan fingerprint density at radius 1 is 0.545 bits per heavy atom. The van der Waals surface area contributed by atoms with Crippen molar-refractivity contribution < 1.29 is 0 Å². The number of aromatic amines is 1. The lowest BCUT2D eigenvalue weighted by Gasteiger charge is -2.03. The van der Waals surface area contributed by atoms with Crippen molar-refractivity contribution in [3.05, 3.63) is 124 Å². The van der Waals surface area contributed by atoms with Crippen molar-refractivity contribution in [1.82, 2.24) is 9.97 Å². The molecule has 0 amide bonds. The Hall–Kier alpha value is -3.77. The van der Waals surface area contributed by atoms with E-state index in [2.05, 4.69) is 16.8 Å². The maximum atomic E-state index is 6.10. The molecule has 33 heavy (non-hydrogen) atoms. The second-order valence-corrected chi connectivity index (χ2v) is 8.39. The Kier molecular flexibility index (Phi) is 6.00. The molecule has 0 fully saturated rings. The van der Waals surface area contributed by atoms with E-state index in [1.165, 1.54) is 0 Å². The van der Waals surface area contributed by atoms with Gasteiger partial charge in [-0.3, -0.25) is 0 Å². The van der Waals surface area contributed by atoms with Gasteiger partial charge in [-0.25, -0.2) is 4.98 Å². The molecule has 158 valence electrons. The van der Waals surface area contributed by atoms with Crippen molar-refractivity contribution in [2.24, 2.45) is 0 Å². The van der Waals surface area contributed by atoms with Crippen LogP contribution < -0.4 is 0 Å². The van der Waals surface area contributed by atoms with Gasteiger partial charge in [0, 0.05) is 37.9 Å². The third-order valence-corrected chi connectivity index (χ3v) is 5.74. The van der Waals surface area contributed by atoms with E-state index in [-0.39, 0.29) is 0 Å². The van der Waals surface area contributed by atoms with E-state index in [0.29, 0.717) is 10.0 Å². The van der Waals surface area contributed by atoms with E-state index in [1.807, 2.05) is 103 Å². The van der Waals surface area contributed by atoms with Gasteiger partial charge < -0.3 is 4.98 Å². The van der Waals surface area contributed by atoms with Crippen LogP contribution in [0.1, 0.15) is 11.1 Å². The summed E-state index contributed by atoms with van der Waals surface area (Å²) in [6, 6.07) is 33.5. The van der Waals surface area contributed by atoms with E-state index in [4.69, 9.17) is 28.2 Å². The van der Waals surface area contributed by atoms with Crippen LogP contribution in [-0.4, -0.2) is 9.97 Å². The highest BCUT2D eigenvalue weighted by atomic mass is 35.5. The first-order valence-electron chi connectivity index (χ1n) is 10.4. The minimum atomic E-state index is 0.690. The fourth-order valence-corrected chi connectivity index (χ4v) is 3.78. The number of imidazole rings is 1. The molecule has 4 aromatic carbocycles. The second kappa shape index (κ2) is 9.38. The molecular formula is C29H18Cl2N2. The summed E-state index contributed by atoms with van der Waals surface area (Å²) in [5.74, 6) is 7.19. The third-order valence-electron chi connectivity index (χ3n) is 5.24. The molecule has 5 rings (SSSR count). The molecular weight excluding hydrogens is 447 g/mol. The maximum Gasteiger partial charge on any atom is 0.138 e. The molecule has 0 saturated carbocycles. The fraction of sp³-hybridized carbons (Fsp3) is 0. The van der Waals surface area contributed by atoms with Gasteiger partial charge >= 0.3 is 0 Å². The van der Waals surface area contributed by atoms with Crippen molar-refractivity contribution in [3.63, 3.8) is 0 Å². The van der Waals surface area contributed by atoms with Crippen molar-refractivity contribution in [2.75, 3.05) is 0 Å². The average Bonchev–Trinajstić information content (AvgIpc) is 3.30. The SMILES string of the molecule is Clc1ccc(-c2nc(-c3ccc(C#Cc4ccccc4)cc3)[nH]c2-c2ccc(Cl)cc2)cc1. The van der Waals surface area contributed by atoms with Crippen LogP contribution in [0.4, 0.5) is 0 Å². The van der Waals surface area contributed by atoms with E-state index in [1.54, 1.807) is 0 Å². The van der Waals surface area contributed by atoms with Gasteiger partial charge in [0.05, 0.1) is 11.4 Å². The number of halogens is 2. The molecule has 0 aliphatic carbocycles. The summed E-state index contributed by atoms with van der Waals surface area (Å²) < 4.78 is 0. The summed E-state index contributed by atoms with van der Waals surface area (Å²) in [6.07, 6.45) is 0. The van der Waals surface area contributed by atoms with Crippen LogP contribution in [0, 0.1) is 11.8 Å². The lowest BCUT2D eigenvalue weighted by atomic mass is 10.1. The molecule has 0 atom stereocenters. The van der Waals surface area contributed by atoms with Gasteiger partial charge in [-0.2, -0.15) is 0 Å². The summed E-state index contributed by atoms with van der Waals surface area (Å²) in [4.78, 5) is 8.44. The van der Waals surface area contributed by atoms with Gasteiger partial charge in [0.1, 0.15) is 5.82 Å². The first kappa shape index (κ1) is 21.1. The molecule has 0 unspecified atom stereocenters. The number of hydrogen-bond acceptors (Lipinski definition) is 1. The molecule has 0 aliphatic rings. The summed E-state index contributed by atoms with van der Waals surface area (Å²) in [5, 5.41) is 1.38. The lowest BCUT2D eigenvalue weighted by molar-refractivity contribution is 1.31. The lowest BCUT2D eigenvalue weighted by Crippen LogP contribution is -1.83. The van der Waals surface area contributed by atoms with Crippen LogP contribution in [0.2, 0.25) is 10.0 Å². The number of rotatable bonds is 3. The van der Waals surface area contributed by atoms with Crippen LogP contribution in [0.25, 0.3) is 33.9 Å². The molecule has 0 aliphatic heterocycles. The molecule has 1 aromatic heterocycles.